The summed E-state index contributed by atoms with van der Waals surface area (Å²) >= 11 is 6.09. The standard InChI is InChI=1S/C20H28ClF.C2H6/c1-13-3-6-15(7-4-13)16-8-10-17(11-9-16)18-12-5-14(2)19(21)20(18)22;1-2/h5,12-13,15-17H,3-4,6-11H2,1-2H3;1-2H3. The fourth-order valence-electron chi connectivity index (χ4n) is 4.64. The summed E-state index contributed by atoms with van der Waals surface area (Å²) in [4.78, 5) is 0. The number of benzene rings is 1. The minimum Gasteiger partial charge on any atom is -0.205 e. The van der Waals surface area contributed by atoms with Gasteiger partial charge in [-0.05, 0) is 80.2 Å². The van der Waals surface area contributed by atoms with E-state index in [0.29, 0.717) is 10.9 Å². The molecule has 0 nitrogen and oxygen atoms in total. The molecule has 1 aromatic carbocycles. The van der Waals surface area contributed by atoms with Crippen LogP contribution in [0, 0.1) is 30.5 Å². The predicted molar refractivity (Wildman–Crippen MR) is 103 cm³/mol. The molecule has 2 aliphatic carbocycles. The van der Waals surface area contributed by atoms with E-state index in [2.05, 4.69) is 6.92 Å². The van der Waals surface area contributed by atoms with Crippen LogP contribution < -0.4 is 0 Å². The summed E-state index contributed by atoms with van der Waals surface area (Å²) in [5.41, 5.74) is 1.69. The third kappa shape index (κ3) is 4.54. The molecule has 0 aliphatic heterocycles. The van der Waals surface area contributed by atoms with Gasteiger partial charge < -0.3 is 0 Å². The summed E-state index contributed by atoms with van der Waals surface area (Å²) < 4.78 is 14.4. The van der Waals surface area contributed by atoms with Gasteiger partial charge in [0.2, 0.25) is 0 Å². The van der Waals surface area contributed by atoms with Gasteiger partial charge >= 0.3 is 0 Å². The second-order valence-electron chi connectivity index (χ2n) is 7.73. The van der Waals surface area contributed by atoms with Crippen molar-refractivity contribution in [1.29, 1.82) is 0 Å². The van der Waals surface area contributed by atoms with Crippen molar-refractivity contribution in [3.63, 3.8) is 0 Å². The van der Waals surface area contributed by atoms with Crippen LogP contribution in [-0.2, 0) is 0 Å². The molecule has 2 aliphatic rings. The molecule has 0 saturated heterocycles. The van der Waals surface area contributed by atoms with Crippen LogP contribution in [0.3, 0.4) is 0 Å². The molecule has 0 radical (unpaired) electrons. The summed E-state index contributed by atoms with van der Waals surface area (Å²) in [5.74, 6) is 2.95. The largest absolute Gasteiger partial charge is 0.205 e. The molecule has 0 unspecified atom stereocenters. The highest BCUT2D eigenvalue weighted by atomic mass is 35.5. The van der Waals surface area contributed by atoms with E-state index in [4.69, 9.17) is 11.6 Å². The zero-order valence-electron chi connectivity index (χ0n) is 15.9. The Morgan fingerprint density at radius 3 is 1.92 bits per heavy atom. The first-order valence-electron chi connectivity index (χ1n) is 10.0. The van der Waals surface area contributed by atoms with E-state index in [-0.39, 0.29) is 5.82 Å². The summed E-state index contributed by atoms with van der Waals surface area (Å²) in [7, 11) is 0. The summed E-state index contributed by atoms with van der Waals surface area (Å²) in [6, 6.07) is 3.93. The van der Waals surface area contributed by atoms with Gasteiger partial charge in [-0.1, -0.05) is 57.3 Å². The van der Waals surface area contributed by atoms with E-state index in [9.17, 15) is 4.39 Å². The fraction of sp³-hybridized carbons (Fsp3) is 0.727. The third-order valence-electron chi connectivity index (χ3n) is 6.24. The van der Waals surface area contributed by atoms with E-state index in [1.807, 2.05) is 32.9 Å². The third-order valence-corrected chi connectivity index (χ3v) is 6.71. The predicted octanol–water partition coefficient (Wildman–Crippen LogP) is 7.91. The maximum atomic E-state index is 14.4. The molecule has 2 heteroatoms. The lowest BCUT2D eigenvalue weighted by molar-refractivity contribution is 0.164. The van der Waals surface area contributed by atoms with Crippen molar-refractivity contribution in [1.82, 2.24) is 0 Å². The lowest BCUT2D eigenvalue weighted by atomic mass is 9.68. The maximum absolute atomic E-state index is 14.4. The first kappa shape index (κ1) is 19.8. The van der Waals surface area contributed by atoms with Crippen LogP contribution in [0.15, 0.2) is 12.1 Å². The van der Waals surface area contributed by atoms with Crippen LogP contribution in [-0.4, -0.2) is 0 Å². The van der Waals surface area contributed by atoms with Gasteiger partial charge in [0.25, 0.3) is 0 Å². The van der Waals surface area contributed by atoms with Crippen molar-refractivity contribution in [2.75, 3.05) is 0 Å². The van der Waals surface area contributed by atoms with Crippen LogP contribution in [0.25, 0.3) is 0 Å². The van der Waals surface area contributed by atoms with E-state index in [1.54, 1.807) is 0 Å². The Balaban J connectivity index is 0.00000100. The second-order valence-corrected chi connectivity index (χ2v) is 8.11. The lowest BCUT2D eigenvalue weighted by Gasteiger charge is -2.37. The lowest BCUT2D eigenvalue weighted by Crippen LogP contribution is -2.25. The maximum Gasteiger partial charge on any atom is 0.145 e. The Morgan fingerprint density at radius 1 is 0.875 bits per heavy atom. The highest BCUT2D eigenvalue weighted by molar-refractivity contribution is 6.31. The van der Waals surface area contributed by atoms with Crippen LogP contribution in [0.1, 0.15) is 89.2 Å². The van der Waals surface area contributed by atoms with Crippen LogP contribution in [0.4, 0.5) is 4.39 Å². The number of aryl methyl sites for hydroxylation is 1. The number of halogens is 2. The monoisotopic (exact) mass is 352 g/mol. The molecule has 0 aromatic heterocycles. The molecule has 0 heterocycles. The van der Waals surface area contributed by atoms with Crippen molar-refractivity contribution < 1.29 is 4.39 Å². The van der Waals surface area contributed by atoms with Crippen LogP contribution in [0.2, 0.25) is 5.02 Å². The number of rotatable bonds is 2. The van der Waals surface area contributed by atoms with Gasteiger partial charge in [0.1, 0.15) is 5.82 Å². The normalized spacial score (nSPS) is 30.4. The Labute approximate surface area is 153 Å². The molecule has 2 fully saturated rings. The minimum absolute atomic E-state index is 0.170. The zero-order valence-corrected chi connectivity index (χ0v) is 16.6. The number of hydrogen-bond acceptors (Lipinski definition) is 0. The Morgan fingerprint density at radius 2 is 1.38 bits per heavy atom. The average Bonchev–Trinajstić information content (AvgIpc) is 2.63. The van der Waals surface area contributed by atoms with Gasteiger partial charge in [-0.25, -0.2) is 4.39 Å². The zero-order chi connectivity index (χ0) is 17.7. The molecular weight excluding hydrogens is 319 g/mol. The molecule has 2 saturated carbocycles. The molecule has 136 valence electrons. The topological polar surface area (TPSA) is 0 Å². The molecule has 24 heavy (non-hydrogen) atoms. The molecule has 0 N–H and O–H groups in total. The van der Waals surface area contributed by atoms with Crippen LogP contribution in [0.5, 0.6) is 0 Å². The molecule has 1 aromatic rings. The molecule has 0 bridgehead atoms. The highest BCUT2D eigenvalue weighted by Crippen LogP contribution is 2.44. The van der Waals surface area contributed by atoms with E-state index >= 15 is 0 Å². The quantitative estimate of drug-likeness (QED) is 0.507. The van der Waals surface area contributed by atoms with Gasteiger partial charge in [0, 0.05) is 0 Å². The fourth-order valence-corrected chi connectivity index (χ4v) is 4.81. The Hall–Kier alpha value is -0.560. The molecule has 0 spiro atoms. The highest BCUT2D eigenvalue weighted by Gasteiger charge is 2.31. The Kier molecular flexibility index (Phi) is 7.60. The summed E-state index contributed by atoms with van der Waals surface area (Å²) in [5, 5.41) is 0.320. The van der Waals surface area contributed by atoms with Gasteiger partial charge in [-0.3, -0.25) is 0 Å². The van der Waals surface area contributed by atoms with Crippen molar-refractivity contribution >= 4 is 11.6 Å². The van der Waals surface area contributed by atoms with Gasteiger partial charge in [0.05, 0.1) is 5.02 Å². The molecule has 0 atom stereocenters. The van der Waals surface area contributed by atoms with E-state index < -0.39 is 0 Å². The number of hydrogen-bond donors (Lipinski definition) is 0. The molecular formula is C22H34ClF. The summed E-state index contributed by atoms with van der Waals surface area (Å²) in [6.45, 7) is 8.26. The molecule has 0 amide bonds. The van der Waals surface area contributed by atoms with Crippen LogP contribution >= 0.6 is 11.6 Å². The van der Waals surface area contributed by atoms with Gasteiger partial charge in [-0.2, -0.15) is 0 Å². The van der Waals surface area contributed by atoms with E-state index in [0.717, 1.165) is 41.7 Å². The second kappa shape index (κ2) is 9.22. The minimum atomic E-state index is -0.170. The van der Waals surface area contributed by atoms with Crippen molar-refractivity contribution in [3.8, 4) is 0 Å². The average molecular weight is 353 g/mol. The Bertz CT molecular complexity index is 509. The van der Waals surface area contributed by atoms with E-state index in [1.165, 1.54) is 38.5 Å². The van der Waals surface area contributed by atoms with Gasteiger partial charge in [-0.15, -0.1) is 0 Å². The van der Waals surface area contributed by atoms with Crippen molar-refractivity contribution in [2.24, 2.45) is 17.8 Å². The first-order valence-corrected chi connectivity index (χ1v) is 10.4. The molecule has 3 rings (SSSR count). The van der Waals surface area contributed by atoms with Gasteiger partial charge in [0.15, 0.2) is 0 Å². The smallest absolute Gasteiger partial charge is 0.145 e. The SMILES string of the molecule is CC.Cc1ccc(C2CCC(C3CCC(C)CC3)CC2)c(F)c1Cl. The van der Waals surface area contributed by atoms with Crippen molar-refractivity contribution in [3.05, 3.63) is 34.1 Å². The van der Waals surface area contributed by atoms with Crippen molar-refractivity contribution in [2.45, 2.75) is 85.0 Å². The summed E-state index contributed by atoms with van der Waals surface area (Å²) in [6.07, 6.45) is 10.5. The first-order chi connectivity index (χ1) is 11.6.